The lowest BCUT2D eigenvalue weighted by atomic mass is 10.0. The van der Waals surface area contributed by atoms with Crippen molar-refractivity contribution in [1.82, 2.24) is 14.9 Å². The number of nitrogens with zero attached hydrogens (tertiary/aromatic N) is 3. The molecule has 0 atom stereocenters. The molecular weight excluding hydrogens is 439 g/mol. The zero-order valence-corrected chi connectivity index (χ0v) is 18.2. The van der Waals surface area contributed by atoms with Crippen LogP contribution in [0, 0.1) is 6.92 Å². The van der Waals surface area contributed by atoms with E-state index in [1.165, 1.54) is 6.39 Å². The molecule has 4 rings (SSSR count). The summed E-state index contributed by atoms with van der Waals surface area (Å²) in [7, 11) is 0. The molecule has 9 heteroatoms. The summed E-state index contributed by atoms with van der Waals surface area (Å²) in [4.78, 5) is 22.7. The number of hydrogen-bond acceptors (Lipinski definition) is 5. The second kappa shape index (κ2) is 9.09. The van der Waals surface area contributed by atoms with Gasteiger partial charge < -0.3 is 19.7 Å². The van der Waals surface area contributed by atoms with Crippen molar-refractivity contribution in [2.45, 2.75) is 20.0 Å². The fraction of sp³-hybridized carbons (Fsp3) is 0.227. The van der Waals surface area contributed by atoms with E-state index in [4.69, 9.17) is 27.6 Å². The first kappa shape index (κ1) is 21.4. The molecule has 0 bridgehead atoms. The van der Waals surface area contributed by atoms with Crippen molar-refractivity contribution in [2.75, 3.05) is 18.4 Å². The van der Waals surface area contributed by atoms with Gasteiger partial charge >= 0.3 is 6.03 Å². The summed E-state index contributed by atoms with van der Waals surface area (Å²) in [5.74, 6) is 0.445. The van der Waals surface area contributed by atoms with Crippen LogP contribution in [0.15, 0.2) is 47.3 Å². The van der Waals surface area contributed by atoms with E-state index in [0.29, 0.717) is 58.0 Å². The monoisotopic (exact) mass is 458 g/mol. The highest BCUT2D eigenvalue weighted by molar-refractivity contribution is 6.32. The minimum atomic E-state index is -0.233. The Bertz CT molecular complexity index is 1160. The molecule has 0 fully saturated rings. The number of halogens is 2. The van der Waals surface area contributed by atoms with Crippen LogP contribution in [0.1, 0.15) is 23.4 Å². The first-order valence-electron chi connectivity index (χ1n) is 9.67. The van der Waals surface area contributed by atoms with Gasteiger partial charge in [0.15, 0.2) is 12.2 Å². The molecule has 0 saturated heterocycles. The second-order valence-electron chi connectivity index (χ2n) is 7.16. The SMILES string of the molecule is Cc1ccc(NC(=O)N2CC=C(c3ncc(-c4ocnc4CO)cc3Cl)CC2)cc1Cl. The van der Waals surface area contributed by atoms with Gasteiger partial charge in [0.2, 0.25) is 0 Å². The number of aliphatic hydroxyl groups is 1. The molecule has 160 valence electrons. The number of hydrogen-bond donors (Lipinski definition) is 2. The normalized spacial score (nSPS) is 13.8. The number of urea groups is 1. The molecule has 3 heterocycles. The predicted molar refractivity (Wildman–Crippen MR) is 120 cm³/mol. The largest absolute Gasteiger partial charge is 0.443 e. The van der Waals surface area contributed by atoms with Crippen LogP contribution in [0.4, 0.5) is 10.5 Å². The third-order valence-electron chi connectivity index (χ3n) is 5.12. The first-order valence-corrected chi connectivity index (χ1v) is 10.4. The van der Waals surface area contributed by atoms with Crippen LogP contribution in [-0.4, -0.2) is 39.1 Å². The minimum Gasteiger partial charge on any atom is -0.443 e. The van der Waals surface area contributed by atoms with E-state index in [2.05, 4.69) is 15.3 Å². The highest BCUT2D eigenvalue weighted by Gasteiger charge is 2.21. The maximum absolute atomic E-state index is 12.6. The quantitative estimate of drug-likeness (QED) is 0.562. The van der Waals surface area contributed by atoms with Crippen LogP contribution in [0.3, 0.4) is 0 Å². The molecule has 1 aliphatic rings. The molecule has 1 aliphatic heterocycles. The summed E-state index contributed by atoms with van der Waals surface area (Å²) >= 11 is 12.6. The maximum Gasteiger partial charge on any atom is 0.322 e. The van der Waals surface area contributed by atoms with Gasteiger partial charge in [0.05, 0.1) is 17.3 Å². The minimum absolute atomic E-state index is 0.188. The van der Waals surface area contributed by atoms with Gasteiger partial charge in [-0.1, -0.05) is 35.3 Å². The summed E-state index contributed by atoms with van der Waals surface area (Å²) in [6.45, 7) is 2.65. The van der Waals surface area contributed by atoms with Crippen molar-refractivity contribution >= 4 is 40.5 Å². The number of amides is 2. The second-order valence-corrected chi connectivity index (χ2v) is 7.97. The van der Waals surface area contributed by atoms with E-state index in [-0.39, 0.29) is 12.6 Å². The Morgan fingerprint density at radius 3 is 2.77 bits per heavy atom. The lowest BCUT2D eigenvalue weighted by molar-refractivity contribution is 0.217. The molecule has 0 unspecified atom stereocenters. The van der Waals surface area contributed by atoms with E-state index >= 15 is 0 Å². The average molecular weight is 459 g/mol. The average Bonchev–Trinajstić information content (AvgIpc) is 3.25. The summed E-state index contributed by atoms with van der Waals surface area (Å²) in [5.41, 5.74) is 4.32. The number of aromatic nitrogens is 2. The number of benzene rings is 1. The number of oxazole rings is 1. The number of aryl methyl sites for hydroxylation is 1. The Hall–Kier alpha value is -2.87. The highest BCUT2D eigenvalue weighted by atomic mass is 35.5. The lowest BCUT2D eigenvalue weighted by Crippen LogP contribution is -2.38. The molecule has 31 heavy (non-hydrogen) atoms. The van der Waals surface area contributed by atoms with Crippen LogP contribution >= 0.6 is 23.2 Å². The lowest BCUT2D eigenvalue weighted by Gasteiger charge is -2.27. The molecule has 1 aromatic carbocycles. The van der Waals surface area contributed by atoms with Crippen molar-refractivity contribution in [3.63, 3.8) is 0 Å². The molecule has 7 nitrogen and oxygen atoms in total. The topological polar surface area (TPSA) is 91.5 Å². The van der Waals surface area contributed by atoms with Crippen molar-refractivity contribution in [3.05, 3.63) is 69.9 Å². The zero-order chi connectivity index (χ0) is 22.0. The molecule has 2 amide bonds. The Balaban J connectivity index is 1.45. The van der Waals surface area contributed by atoms with Gasteiger partial charge in [-0.25, -0.2) is 9.78 Å². The van der Waals surface area contributed by atoms with E-state index in [1.54, 1.807) is 23.2 Å². The summed E-state index contributed by atoms with van der Waals surface area (Å²) < 4.78 is 5.34. The number of pyridine rings is 1. The third kappa shape index (κ3) is 4.58. The van der Waals surface area contributed by atoms with E-state index in [9.17, 15) is 9.90 Å². The van der Waals surface area contributed by atoms with Crippen molar-refractivity contribution < 1.29 is 14.3 Å². The zero-order valence-electron chi connectivity index (χ0n) is 16.7. The van der Waals surface area contributed by atoms with Gasteiger partial charge in [0.1, 0.15) is 5.69 Å². The Morgan fingerprint density at radius 1 is 1.26 bits per heavy atom. The van der Waals surface area contributed by atoms with E-state index in [1.807, 2.05) is 25.1 Å². The van der Waals surface area contributed by atoms with Crippen LogP contribution in [0.2, 0.25) is 10.0 Å². The van der Waals surface area contributed by atoms with Crippen molar-refractivity contribution in [1.29, 1.82) is 0 Å². The molecule has 2 N–H and O–H groups in total. The molecule has 3 aromatic rings. The molecule has 0 radical (unpaired) electrons. The first-order chi connectivity index (χ1) is 15.0. The Morgan fingerprint density at radius 2 is 2.10 bits per heavy atom. The smallest absolute Gasteiger partial charge is 0.322 e. The molecule has 2 aromatic heterocycles. The third-order valence-corrected chi connectivity index (χ3v) is 5.81. The van der Waals surface area contributed by atoms with Crippen LogP contribution < -0.4 is 5.32 Å². The fourth-order valence-electron chi connectivity index (χ4n) is 3.36. The highest BCUT2D eigenvalue weighted by Crippen LogP contribution is 2.32. The van der Waals surface area contributed by atoms with Gasteiger partial charge in [0, 0.05) is 35.6 Å². The summed E-state index contributed by atoms with van der Waals surface area (Å²) in [5, 5.41) is 13.3. The van der Waals surface area contributed by atoms with Gasteiger partial charge in [-0.2, -0.15) is 0 Å². The van der Waals surface area contributed by atoms with E-state index in [0.717, 1.165) is 11.1 Å². The van der Waals surface area contributed by atoms with E-state index < -0.39 is 0 Å². The van der Waals surface area contributed by atoms with Crippen molar-refractivity contribution in [2.24, 2.45) is 0 Å². The summed E-state index contributed by atoms with van der Waals surface area (Å²) in [6, 6.07) is 6.98. The molecular formula is C22H20Cl2N4O3. The van der Waals surface area contributed by atoms with Gasteiger partial charge in [-0.15, -0.1) is 0 Å². The number of rotatable bonds is 4. The molecule has 0 saturated carbocycles. The van der Waals surface area contributed by atoms with Gasteiger partial charge in [0.25, 0.3) is 0 Å². The van der Waals surface area contributed by atoms with Crippen LogP contribution in [-0.2, 0) is 6.61 Å². The van der Waals surface area contributed by atoms with Crippen molar-refractivity contribution in [3.8, 4) is 11.3 Å². The standard InChI is InChI=1S/C22H20Cl2N4O3/c1-13-2-3-16(9-17(13)23)27-22(30)28-6-4-14(5-7-28)20-18(24)8-15(10-25-20)21-19(11-29)26-12-31-21/h2-4,8-10,12,29H,5-7,11H2,1H3,(H,27,30). The molecule has 0 aliphatic carbocycles. The maximum atomic E-state index is 12.6. The fourth-order valence-corrected chi connectivity index (χ4v) is 3.83. The number of aliphatic hydroxyl groups excluding tert-OH is 1. The number of carbonyl (C=O) groups is 1. The Kier molecular flexibility index (Phi) is 6.27. The van der Waals surface area contributed by atoms with Crippen LogP contribution in [0.25, 0.3) is 16.9 Å². The molecule has 0 spiro atoms. The summed E-state index contributed by atoms with van der Waals surface area (Å²) in [6.07, 6.45) is 5.49. The number of carbonyl (C=O) groups excluding carboxylic acids is 1. The number of anilines is 1. The number of nitrogens with one attached hydrogen (secondary N) is 1. The Labute approximate surface area is 189 Å². The predicted octanol–water partition coefficient (Wildman–Crippen LogP) is 5.17. The van der Waals surface area contributed by atoms with Crippen LogP contribution in [0.5, 0.6) is 0 Å². The van der Waals surface area contributed by atoms with Gasteiger partial charge in [-0.05, 0) is 42.7 Å². The van der Waals surface area contributed by atoms with Gasteiger partial charge in [-0.3, -0.25) is 4.98 Å².